The summed E-state index contributed by atoms with van der Waals surface area (Å²) in [6.07, 6.45) is 2.14. The highest BCUT2D eigenvalue weighted by Gasteiger charge is 2.34. The zero-order valence-corrected chi connectivity index (χ0v) is 20.0. The van der Waals surface area contributed by atoms with Gasteiger partial charge in [-0.05, 0) is 54.7 Å². The molecule has 0 spiro atoms. The van der Waals surface area contributed by atoms with Gasteiger partial charge in [0, 0.05) is 37.0 Å². The molecular formula is C27H25N5O4. The highest BCUT2D eigenvalue weighted by atomic mass is 16.5. The lowest BCUT2D eigenvalue weighted by molar-refractivity contribution is -0.145. The molecule has 0 amide bonds. The first kappa shape index (κ1) is 22.3. The van der Waals surface area contributed by atoms with Crippen LogP contribution in [0.25, 0.3) is 33.1 Å². The van der Waals surface area contributed by atoms with Crippen molar-refractivity contribution >= 4 is 33.7 Å². The molecule has 0 bridgehead atoms. The molecule has 2 atom stereocenters. The van der Waals surface area contributed by atoms with Crippen LogP contribution in [-0.4, -0.2) is 28.2 Å². The number of pyridine rings is 1. The predicted molar refractivity (Wildman–Crippen MR) is 134 cm³/mol. The number of nitrogens with one attached hydrogen (secondary N) is 1. The lowest BCUT2D eigenvalue weighted by Gasteiger charge is -2.15. The second-order valence-corrected chi connectivity index (χ2v) is 9.61. The summed E-state index contributed by atoms with van der Waals surface area (Å²) in [6.45, 7) is 3.88. The van der Waals surface area contributed by atoms with Gasteiger partial charge in [-0.3, -0.25) is 9.59 Å². The number of nitrogens with two attached hydrogens (primary N) is 1. The van der Waals surface area contributed by atoms with E-state index in [-0.39, 0.29) is 29.7 Å². The maximum absolute atomic E-state index is 13.7. The summed E-state index contributed by atoms with van der Waals surface area (Å²) < 4.78 is 13.4. The standard InChI is InChI=1S/C27H25N5O4/c1-13-19(15-3-8-21(29)16(9-15)11-28)6-7-20-24(13)32(17-4-5-17)27(34)23-25(20)36-26(31-23)22-10-18(12-30-22)35-14(2)33/h3,6-9,17-18,22,30H,4-5,10,12,29H2,1-2H3. The average molecular weight is 484 g/mol. The van der Waals surface area contributed by atoms with Crippen molar-refractivity contribution in [1.82, 2.24) is 14.9 Å². The number of nitriles is 1. The summed E-state index contributed by atoms with van der Waals surface area (Å²) in [5, 5.41) is 13.5. The smallest absolute Gasteiger partial charge is 0.302 e. The molecule has 2 aromatic carbocycles. The number of benzene rings is 2. The van der Waals surface area contributed by atoms with E-state index in [0.717, 1.165) is 40.4 Å². The minimum atomic E-state index is -0.326. The molecule has 6 rings (SSSR count). The van der Waals surface area contributed by atoms with Crippen LogP contribution in [0.2, 0.25) is 0 Å². The van der Waals surface area contributed by atoms with Crippen molar-refractivity contribution in [3.05, 3.63) is 57.7 Å². The zero-order valence-electron chi connectivity index (χ0n) is 20.0. The molecule has 3 N–H and O–H groups in total. The molecule has 182 valence electrons. The first-order chi connectivity index (χ1) is 17.4. The molecular weight excluding hydrogens is 458 g/mol. The van der Waals surface area contributed by atoms with Gasteiger partial charge in [0.2, 0.25) is 5.89 Å². The number of hydrogen-bond acceptors (Lipinski definition) is 8. The second-order valence-electron chi connectivity index (χ2n) is 9.61. The molecule has 2 aromatic heterocycles. The van der Waals surface area contributed by atoms with Crippen LogP contribution in [0.15, 0.2) is 39.5 Å². The Kier molecular flexibility index (Phi) is 5.09. The number of hydrogen-bond donors (Lipinski definition) is 2. The number of ether oxygens (including phenoxy) is 1. The van der Waals surface area contributed by atoms with Gasteiger partial charge >= 0.3 is 5.97 Å². The van der Waals surface area contributed by atoms with E-state index in [1.165, 1.54) is 6.92 Å². The number of esters is 1. The lowest BCUT2D eigenvalue weighted by atomic mass is 9.95. The summed E-state index contributed by atoms with van der Waals surface area (Å²) in [7, 11) is 0. The third-order valence-electron chi connectivity index (χ3n) is 7.10. The van der Waals surface area contributed by atoms with Gasteiger partial charge in [0.05, 0.1) is 17.1 Å². The molecule has 36 heavy (non-hydrogen) atoms. The van der Waals surface area contributed by atoms with E-state index in [1.807, 2.05) is 29.7 Å². The molecule has 9 heteroatoms. The first-order valence-corrected chi connectivity index (χ1v) is 12.0. The van der Waals surface area contributed by atoms with Gasteiger partial charge in [-0.1, -0.05) is 12.1 Å². The minimum absolute atomic E-state index is 0.123. The Morgan fingerprint density at radius 3 is 2.83 bits per heavy atom. The number of aryl methyl sites for hydroxylation is 1. The predicted octanol–water partition coefficient (Wildman–Crippen LogP) is 3.87. The molecule has 9 nitrogen and oxygen atoms in total. The van der Waals surface area contributed by atoms with Crippen LogP contribution in [-0.2, 0) is 9.53 Å². The van der Waals surface area contributed by atoms with Crippen molar-refractivity contribution in [3.63, 3.8) is 0 Å². The van der Waals surface area contributed by atoms with Gasteiger partial charge in [0.1, 0.15) is 12.2 Å². The van der Waals surface area contributed by atoms with E-state index in [9.17, 15) is 14.9 Å². The number of carbonyl (C=O) groups excluding carboxylic acids is 1. The molecule has 1 saturated carbocycles. The quantitative estimate of drug-likeness (QED) is 0.330. The Morgan fingerprint density at radius 1 is 1.31 bits per heavy atom. The van der Waals surface area contributed by atoms with Gasteiger partial charge < -0.3 is 24.8 Å². The van der Waals surface area contributed by atoms with E-state index >= 15 is 0 Å². The first-order valence-electron chi connectivity index (χ1n) is 12.0. The van der Waals surface area contributed by atoms with Crippen molar-refractivity contribution in [2.75, 3.05) is 12.3 Å². The van der Waals surface area contributed by atoms with E-state index in [4.69, 9.17) is 14.9 Å². The highest BCUT2D eigenvalue weighted by molar-refractivity contribution is 6.04. The van der Waals surface area contributed by atoms with Crippen LogP contribution in [0.1, 0.15) is 55.3 Å². The number of fused-ring (bicyclic) bond motifs is 3. The van der Waals surface area contributed by atoms with E-state index in [1.54, 1.807) is 12.1 Å². The second kappa shape index (κ2) is 8.21. The molecule has 0 radical (unpaired) electrons. The fraction of sp³-hybridized carbons (Fsp3) is 0.333. The Labute approximate surface area is 206 Å². The third kappa shape index (κ3) is 3.53. The molecule has 3 heterocycles. The monoisotopic (exact) mass is 483 g/mol. The van der Waals surface area contributed by atoms with Gasteiger partial charge in [-0.15, -0.1) is 0 Å². The fourth-order valence-electron chi connectivity index (χ4n) is 5.25. The maximum Gasteiger partial charge on any atom is 0.302 e. The molecule has 2 unspecified atom stereocenters. The van der Waals surface area contributed by atoms with Crippen molar-refractivity contribution in [2.45, 2.75) is 51.3 Å². The molecule has 1 aliphatic heterocycles. The normalized spacial score (nSPS) is 19.6. The molecule has 2 aliphatic rings. The summed E-state index contributed by atoms with van der Waals surface area (Å²) in [5.41, 5.74) is 10.9. The SMILES string of the molecule is CC(=O)OC1CNC(c2nc3c(=O)n(C4CC4)c4c(C)c(-c5ccc(N)c(C#N)c5)ccc4c3o2)C1. The van der Waals surface area contributed by atoms with E-state index in [2.05, 4.69) is 16.4 Å². The summed E-state index contributed by atoms with van der Waals surface area (Å²) in [5.74, 6) is 0.0955. The zero-order chi connectivity index (χ0) is 25.1. The molecule has 1 aliphatic carbocycles. The Morgan fingerprint density at radius 2 is 2.11 bits per heavy atom. The van der Waals surface area contributed by atoms with Crippen LogP contribution in [0, 0.1) is 18.3 Å². The van der Waals surface area contributed by atoms with Gasteiger partial charge in [-0.2, -0.15) is 5.26 Å². The van der Waals surface area contributed by atoms with Crippen LogP contribution >= 0.6 is 0 Å². The summed E-state index contributed by atoms with van der Waals surface area (Å²) in [4.78, 5) is 29.7. The fourth-order valence-corrected chi connectivity index (χ4v) is 5.25. The van der Waals surface area contributed by atoms with Gasteiger partial charge in [0.15, 0.2) is 11.1 Å². The minimum Gasteiger partial charge on any atom is -0.461 e. The number of carbonyl (C=O) groups is 1. The number of aromatic nitrogens is 2. The van der Waals surface area contributed by atoms with Crippen molar-refractivity contribution < 1.29 is 13.9 Å². The largest absolute Gasteiger partial charge is 0.461 e. The number of nitrogens with zero attached hydrogens (tertiary/aromatic N) is 3. The van der Waals surface area contributed by atoms with E-state index < -0.39 is 0 Å². The van der Waals surface area contributed by atoms with Crippen molar-refractivity contribution in [2.24, 2.45) is 0 Å². The van der Waals surface area contributed by atoms with Crippen LogP contribution in [0.3, 0.4) is 0 Å². The van der Waals surface area contributed by atoms with Gasteiger partial charge in [0.25, 0.3) is 5.56 Å². The number of anilines is 1. The van der Waals surface area contributed by atoms with Crippen LogP contribution in [0.4, 0.5) is 5.69 Å². The highest BCUT2D eigenvalue weighted by Crippen LogP contribution is 2.41. The Bertz CT molecular complexity index is 1660. The number of nitrogen functional groups attached to an aromatic ring is 1. The number of oxazole rings is 1. The molecule has 4 aromatic rings. The van der Waals surface area contributed by atoms with E-state index in [0.29, 0.717) is 41.2 Å². The van der Waals surface area contributed by atoms with Crippen LogP contribution < -0.4 is 16.6 Å². The number of rotatable bonds is 4. The topological polar surface area (TPSA) is 136 Å². The third-order valence-corrected chi connectivity index (χ3v) is 7.10. The Balaban J connectivity index is 1.53. The Hall–Kier alpha value is -4.16. The molecule has 1 saturated heterocycles. The van der Waals surface area contributed by atoms with Crippen molar-refractivity contribution in [3.8, 4) is 17.2 Å². The van der Waals surface area contributed by atoms with Gasteiger partial charge in [-0.25, -0.2) is 4.98 Å². The van der Waals surface area contributed by atoms with Crippen molar-refractivity contribution in [1.29, 1.82) is 5.26 Å². The summed E-state index contributed by atoms with van der Waals surface area (Å²) in [6, 6.07) is 11.4. The maximum atomic E-state index is 13.7. The molecule has 2 fully saturated rings. The average Bonchev–Trinajstić information content (AvgIpc) is 3.40. The van der Waals surface area contributed by atoms with Crippen LogP contribution in [0.5, 0.6) is 0 Å². The summed E-state index contributed by atoms with van der Waals surface area (Å²) >= 11 is 0. The lowest BCUT2D eigenvalue weighted by Crippen LogP contribution is -2.21.